The van der Waals surface area contributed by atoms with Gasteiger partial charge < -0.3 is 10.1 Å². The number of ether oxygens (including phenoxy) is 1. The summed E-state index contributed by atoms with van der Waals surface area (Å²) in [7, 11) is 1.63. The van der Waals surface area contributed by atoms with E-state index in [4.69, 9.17) is 17.0 Å². The highest BCUT2D eigenvalue weighted by Crippen LogP contribution is 2.21. The van der Waals surface area contributed by atoms with Crippen molar-refractivity contribution >= 4 is 18.1 Å². The molecule has 0 unspecified atom stereocenters. The number of amides is 1. The van der Waals surface area contributed by atoms with E-state index in [1.54, 1.807) is 7.11 Å². The Morgan fingerprint density at radius 3 is 2.67 bits per heavy atom. The van der Waals surface area contributed by atoms with Crippen LogP contribution in [0.3, 0.4) is 0 Å². The molecule has 2 aromatic carbocycles. The zero-order valence-electron chi connectivity index (χ0n) is 15.4. The van der Waals surface area contributed by atoms with Crippen LogP contribution in [0.1, 0.15) is 17.5 Å². The number of rotatable bonds is 7. The second kappa shape index (κ2) is 8.64. The Labute approximate surface area is 163 Å². The fraction of sp³-hybridized carbons (Fsp3) is 0.250. The zero-order chi connectivity index (χ0) is 19.2. The molecule has 0 aliphatic carbocycles. The molecule has 0 atom stereocenters. The van der Waals surface area contributed by atoms with Gasteiger partial charge in [0.15, 0.2) is 10.6 Å². The van der Waals surface area contributed by atoms with Gasteiger partial charge in [-0.2, -0.15) is 5.10 Å². The number of carbonyl (C=O) groups is 1. The minimum absolute atomic E-state index is 0.0259. The highest BCUT2D eigenvalue weighted by molar-refractivity contribution is 7.71. The number of H-pyrrole nitrogens is 1. The van der Waals surface area contributed by atoms with Crippen molar-refractivity contribution in [2.45, 2.75) is 26.4 Å². The summed E-state index contributed by atoms with van der Waals surface area (Å²) in [5, 5.41) is 10.1. The van der Waals surface area contributed by atoms with Crippen molar-refractivity contribution in [2.75, 3.05) is 7.11 Å². The summed E-state index contributed by atoms with van der Waals surface area (Å²) in [5.74, 6) is 1.45. The van der Waals surface area contributed by atoms with E-state index < -0.39 is 0 Å². The molecule has 0 spiro atoms. The van der Waals surface area contributed by atoms with E-state index >= 15 is 0 Å². The molecule has 0 aliphatic heterocycles. The number of aromatic amines is 1. The van der Waals surface area contributed by atoms with Gasteiger partial charge in [0.25, 0.3) is 0 Å². The fourth-order valence-corrected chi connectivity index (χ4v) is 3.01. The van der Waals surface area contributed by atoms with Crippen LogP contribution in [-0.2, 0) is 17.9 Å². The SMILES string of the molecule is COc1ccc(-c2n[nH]c(=S)n2CCC(=O)NCc2ccccc2C)cc1. The van der Waals surface area contributed by atoms with Crippen LogP contribution in [0, 0.1) is 11.7 Å². The molecule has 3 rings (SSSR count). The van der Waals surface area contributed by atoms with Crippen LogP contribution in [-0.4, -0.2) is 27.8 Å². The fourth-order valence-electron chi connectivity index (χ4n) is 2.79. The molecule has 1 amide bonds. The largest absolute Gasteiger partial charge is 0.497 e. The maximum Gasteiger partial charge on any atom is 0.222 e. The third kappa shape index (κ3) is 4.62. The molecule has 0 bridgehead atoms. The first-order chi connectivity index (χ1) is 13.1. The Morgan fingerprint density at radius 2 is 1.96 bits per heavy atom. The quantitative estimate of drug-likeness (QED) is 0.612. The molecule has 0 saturated carbocycles. The minimum Gasteiger partial charge on any atom is -0.497 e. The van der Waals surface area contributed by atoms with Crippen LogP contribution in [0.5, 0.6) is 5.75 Å². The van der Waals surface area contributed by atoms with Gasteiger partial charge in [-0.15, -0.1) is 0 Å². The molecule has 0 radical (unpaired) electrons. The molecule has 2 N–H and O–H groups in total. The average molecular weight is 382 g/mol. The van der Waals surface area contributed by atoms with E-state index in [-0.39, 0.29) is 5.91 Å². The van der Waals surface area contributed by atoms with E-state index in [1.165, 1.54) is 0 Å². The smallest absolute Gasteiger partial charge is 0.222 e. The first-order valence-corrected chi connectivity index (χ1v) is 9.10. The molecular formula is C20H22N4O2S. The molecule has 0 fully saturated rings. The third-order valence-electron chi connectivity index (χ3n) is 4.41. The highest BCUT2D eigenvalue weighted by Gasteiger charge is 2.11. The van der Waals surface area contributed by atoms with Crippen LogP contribution in [0.25, 0.3) is 11.4 Å². The molecule has 7 heteroatoms. The van der Waals surface area contributed by atoms with Gasteiger partial charge in [-0.3, -0.25) is 14.5 Å². The van der Waals surface area contributed by atoms with Gasteiger partial charge in [-0.05, 0) is 54.5 Å². The van der Waals surface area contributed by atoms with E-state index in [0.29, 0.717) is 30.1 Å². The molecule has 0 aliphatic rings. The van der Waals surface area contributed by atoms with Gasteiger partial charge in [-0.25, -0.2) is 0 Å². The van der Waals surface area contributed by atoms with E-state index in [1.807, 2.05) is 60.0 Å². The van der Waals surface area contributed by atoms with Crippen LogP contribution in [0.2, 0.25) is 0 Å². The highest BCUT2D eigenvalue weighted by atomic mass is 32.1. The lowest BCUT2D eigenvalue weighted by Crippen LogP contribution is -2.24. The van der Waals surface area contributed by atoms with Crippen molar-refractivity contribution < 1.29 is 9.53 Å². The summed E-state index contributed by atoms with van der Waals surface area (Å²) in [6.07, 6.45) is 0.322. The number of hydrogen-bond donors (Lipinski definition) is 2. The number of aromatic nitrogens is 3. The lowest BCUT2D eigenvalue weighted by molar-refractivity contribution is -0.121. The van der Waals surface area contributed by atoms with Crippen LogP contribution >= 0.6 is 12.2 Å². The molecule has 1 aromatic heterocycles. The first kappa shape index (κ1) is 18.8. The monoisotopic (exact) mass is 382 g/mol. The third-order valence-corrected chi connectivity index (χ3v) is 4.72. The van der Waals surface area contributed by atoms with Gasteiger partial charge >= 0.3 is 0 Å². The van der Waals surface area contributed by atoms with Gasteiger partial charge in [0.05, 0.1) is 7.11 Å². The van der Waals surface area contributed by atoms with Crippen molar-refractivity contribution in [3.63, 3.8) is 0 Å². The standard InChI is InChI=1S/C20H22N4O2S/c1-14-5-3-4-6-16(14)13-21-18(25)11-12-24-19(22-23-20(24)27)15-7-9-17(26-2)10-8-15/h3-10H,11-13H2,1-2H3,(H,21,25)(H,23,27). The Balaban J connectivity index is 1.64. The normalized spacial score (nSPS) is 10.6. The average Bonchev–Trinajstić information content (AvgIpc) is 3.06. The number of hydrogen-bond acceptors (Lipinski definition) is 4. The number of methoxy groups -OCH3 is 1. The maximum atomic E-state index is 12.3. The van der Waals surface area contributed by atoms with E-state index in [2.05, 4.69) is 15.5 Å². The van der Waals surface area contributed by atoms with E-state index in [0.717, 1.165) is 22.4 Å². The lowest BCUT2D eigenvalue weighted by atomic mass is 10.1. The number of nitrogens with zero attached hydrogens (tertiary/aromatic N) is 2. The number of benzene rings is 2. The van der Waals surface area contributed by atoms with Gasteiger partial charge in [0, 0.05) is 25.1 Å². The van der Waals surface area contributed by atoms with Gasteiger partial charge in [-0.1, -0.05) is 24.3 Å². The second-order valence-electron chi connectivity index (χ2n) is 6.19. The zero-order valence-corrected chi connectivity index (χ0v) is 16.2. The van der Waals surface area contributed by atoms with Crippen molar-refractivity contribution in [3.8, 4) is 17.1 Å². The second-order valence-corrected chi connectivity index (χ2v) is 6.57. The number of nitrogens with one attached hydrogen (secondary N) is 2. The Bertz CT molecular complexity index is 976. The molecule has 1 heterocycles. The summed E-state index contributed by atoms with van der Waals surface area (Å²) in [6, 6.07) is 15.6. The Hall–Kier alpha value is -2.93. The van der Waals surface area contributed by atoms with Gasteiger partial charge in [0.2, 0.25) is 5.91 Å². The topological polar surface area (TPSA) is 71.9 Å². The van der Waals surface area contributed by atoms with Crippen molar-refractivity contribution in [2.24, 2.45) is 0 Å². The minimum atomic E-state index is -0.0259. The lowest BCUT2D eigenvalue weighted by Gasteiger charge is -2.10. The molecular weight excluding hydrogens is 360 g/mol. The summed E-state index contributed by atoms with van der Waals surface area (Å²) >= 11 is 5.32. The van der Waals surface area contributed by atoms with Crippen LogP contribution in [0.15, 0.2) is 48.5 Å². The van der Waals surface area contributed by atoms with Crippen molar-refractivity contribution in [1.29, 1.82) is 0 Å². The maximum absolute atomic E-state index is 12.3. The molecule has 0 saturated heterocycles. The molecule has 27 heavy (non-hydrogen) atoms. The first-order valence-electron chi connectivity index (χ1n) is 8.69. The van der Waals surface area contributed by atoms with E-state index in [9.17, 15) is 4.79 Å². The van der Waals surface area contributed by atoms with Crippen LogP contribution in [0.4, 0.5) is 0 Å². The predicted molar refractivity (Wildman–Crippen MR) is 107 cm³/mol. The molecule has 3 aromatic rings. The van der Waals surface area contributed by atoms with Crippen molar-refractivity contribution in [1.82, 2.24) is 20.1 Å². The summed E-state index contributed by atoms with van der Waals surface area (Å²) in [5.41, 5.74) is 3.19. The van der Waals surface area contributed by atoms with Crippen LogP contribution < -0.4 is 10.1 Å². The van der Waals surface area contributed by atoms with Gasteiger partial charge in [0.1, 0.15) is 5.75 Å². The summed E-state index contributed by atoms with van der Waals surface area (Å²) in [6.45, 7) is 3.01. The molecule has 6 nitrogen and oxygen atoms in total. The predicted octanol–water partition coefficient (Wildman–Crippen LogP) is 3.63. The van der Waals surface area contributed by atoms with Crippen molar-refractivity contribution in [3.05, 3.63) is 64.4 Å². The summed E-state index contributed by atoms with van der Waals surface area (Å²) in [4.78, 5) is 12.3. The Kier molecular flexibility index (Phi) is 6.03. The Morgan fingerprint density at radius 1 is 1.22 bits per heavy atom. The number of carbonyl (C=O) groups excluding carboxylic acids is 1. The summed E-state index contributed by atoms with van der Waals surface area (Å²) < 4.78 is 7.51. The number of aryl methyl sites for hydroxylation is 1. The molecule has 140 valence electrons.